The Morgan fingerprint density at radius 3 is 2.36 bits per heavy atom. The van der Waals surface area contributed by atoms with Crippen LogP contribution in [0.4, 0.5) is 0 Å². The molecule has 3 atom stereocenters. The minimum atomic E-state index is -1.50. The van der Waals surface area contributed by atoms with Crippen LogP contribution in [0.1, 0.15) is 52.9 Å². The first-order chi connectivity index (χ1) is 13.0. The predicted molar refractivity (Wildman–Crippen MR) is 99.0 cm³/mol. The highest BCUT2D eigenvalue weighted by Gasteiger charge is 2.67. The van der Waals surface area contributed by atoms with Gasteiger partial charge in [-0.2, -0.15) is 0 Å². The van der Waals surface area contributed by atoms with Crippen LogP contribution in [-0.2, 0) is 23.9 Å². The van der Waals surface area contributed by atoms with Crippen molar-refractivity contribution in [2.45, 2.75) is 64.6 Å². The van der Waals surface area contributed by atoms with Crippen LogP contribution in [0.15, 0.2) is 22.8 Å². The van der Waals surface area contributed by atoms with Crippen molar-refractivity contribution < 1.29 is 34.1 Å². The second kappa shape index (κ2) is 6.81. The average Bonchev–Trinajstić information content (AvgIpc) is 3.41. The summed E-state index contributed by atoms with van der Waals surface area (Å²) in [6, 6.07) is 0. The Bertz CT molecular complexity index is 785. The fourth-order valence-corrected chi connectivity index (χ4v) is 4.62. The highest BCUT2D eigenvalue weighted by molar-refractivity contribution is 6.09. The van der Waals surface area contributed by atoms with E-state index in [4.69, 9.17) is 4.74 Å². The van der Waals surface area contributed by atoms with Crippen molar-refractivity contribution in [2.75, 3.05) is 13.7 Å². The first-order valence-corrected chi connectivity index (χ1v) is 9.63. The lowest BCUT2D eigenvalue weighted by molar-refractivity contribution is -0.152. The molecule has 2 unspecified atom stereocenters. The Kier molecular flexibility index (Phi) is 5.04. The molecule has 3 rings (SSSR count). The molecule has 0 saturated heterocycles. The molecule has 1 spiro atoms. The predicted octanol–water partition coefficient (Wildman–Crippen LogP) is 1.61. The normalized spacial score (nSPS) is 32.9. The third-order valence-corrected chi connectivity index (χ3v) is 6.70. The molecule has 1 saturated carbocycles. The van der Waals surface area contributed by atoms with Gasteiger partial charge in [-0.1, -0.05) is 11.6 Å². The molecule has 0 aliphatic heterocycles. The van der Waals surface area contributed by atoms with E-state index in [0.29, 0.717) is 30.4 Å². The van der Waals surface area contributed by atoms with E-state index >= 15 is 0 Å². The van der Waals surface area contributed by atoms with Crippen LogP contribution in [0.2, 0.25) is 0 Å². The van der Waals surface area contributed by atoms with Gasteiger partial charge in [0.1, 0.15) is 11.7 Å². The van der Waals surface area contributed by atoms with Crippen molar-refractivity contribution in [1.29, 1.82) is 0 Å². The third-order valence-electron chi connectivity index (χ3n) is 6.70. The number of Topliss-reactive ketones (excluding diaryl/α,β-unsaturated/α-hetero) is 1. The zero-order valence-corrected chi connectivity index (χ0v) is 16.8. The van der Waals surface area contributed by atoms with E-state index in [2.05, 4.69) is 4.74 Å². The zero-order chi connectivity index (χ0) is 20.9. The molecule has 2 N–H and O–H groups in total. The number of hydrogen-bond acceptors (Lipinski definition) is 7. The van der Waals surface area contributed by atoms with Gasteiger partial charge in [-0.3, -0.25) is 14.4 Å². The summed E-state index contributed by atoms with van der Waals surface area (Å²) >= 11 is 0. The van der Waals surface area contributed by atoms with E-state index in [-0.39, 0.29) is 25.2 Å². The molecule has 3 aliphatic carbocycles. The van der Waals surface area contributed by atoms with Crippen molar-refractivity contribution in [3.63, 3.8) is 0 Å². The molecule has 7 nitrogen and oxygen atoms in total. The summed E-state index contributed by atoms with van der Waals surface area (Å²) in [7, 11) is 1.29. The Morgan fingerprint density at radius 2 is 1.82 bits per heavy atom. The van der Waals surface area contributed by atoms with Crippen LogP contribution in [0.5, 0.6) is 0 Å². The smallest absolute Gasteiger partial charge is 0.306 e. The Morgan fingerprint density at radius 1 is 1.21 bits per heavy atom. The second-order valence-corrected chi connectivity index (χ2v) is 8.54. The van der Waals surface area contributed by atoms with Crippen molar-refractivity contribution in [3.05, 3.63) is 22.8 Å². The fourth-order valence-electron chi connectivity index (χ4n) is 4.62. The molecule has 7 heteroatoms. The maximum Gasteiger partial charge on any atom is 0.306 e. The first-order valence-electron chi connectivity index (χ1n) is 9.63. The molecule has 0 aromatic heterocycles. The first kappa shape index (κ1) is 20.7. The van der Waals surface area contributed by atoms with E-state index in [0.717, 1.165) is 5.57 Å². The van der Waals surface area contributed by atoms with Gasteiger partial charge in [0.15, 0.2) is 5.78 Å². The van der Waals surface area contributed by atoms with Gasteiger partial charge in [0.2, 0.25) is 0 Å². The van der Waals surface area contributed by atoms with Crippen LogP contribution in [0, 0.1) is 10.8 Å². The van der Waals surface area contributed by atoms with Gasteiger partial charge >= 0.3 is 11.9 Å². The highest BCUT2D eigenvalue weighted by Crippen LogP contribution is 2.65. The molecule has 0 radical (unpaired) electrons. The van der Waals surface area contributed by atoms with Crippen LogP contribution < -0.4 is 0 Å². The SMILES string of the molecule is COC(=O)CCCC(=O)OC1C2=C(C)C3(CC3)[C@@](C)(O)C(=O)C2=CC1(C)CO. The summed E-state index contributed by atoms with van der Waals surface area (Å²) in [4.78, 5) is 36.6. The van der Waals surface area contributed by atoms with Gasteiger partial charge in [-0.15, -0.1) is 0 Å². The number of ether oxygens (including phenoxy) is 2. The fraction of sp³-hybridized carbons (Fsp3) is 0.667. The maximum atomic E-state index is 13.0. The number of aliphatic hydroxyl groups excluding tert-OH is 1. The van der Waals surface area contributed by atoms with Gasteiger partial charge in [-0.25, -0.2) is 0 Å². The molecule has 0 amide bonds. The van der Waals surface area contributed by atoms with E-state index in [1.807, 2.05) is 6.92 Å². The highest BCUT2D eigenvalue weighted by atomic mass is 16.5. The van der Waals surface area contributed by atoms with Crippen LogP contribution >= 0.6 is 0 Å². The van der Waals surface area contributed by atoms with Gasteiger partial charge in [0, 0.05) is 29.4 Å². The summed E-state index contributed by atoms with van der Waals surface area (Å²) in [6.45, 7) is 4.84. The molecule has 0 bridgehead atoms. The number of carbonyl (C=O) groups is 3. The molecule has 154 valence electrons. The minimum Gasteiger partial charge on any atom is -0.469 e. The van der Waals surface area contributed by atoms with Crippen molar-refractivity contribution in [2.24, 2.45) is 10.8 Å². The Hall–Kier alpha value is -1.99. The number of carbonyl (C=O) groups excluding carboxylic acids is 3. The maximum absolute atomic E-state index is 13.0. The number of aliphatic hydroxyl groups is 2. The zero-order valence-electron chi connectivity index (χ0n) is 16.8. The van der Waals surface area contributed by atoms with Crippen LogP contribution in [0.25, 0.3) is 0 Å². The summed E-state index contributed by atoms with van der Waals surface area (Å²) in [5.41, 5.74) is -1.26. The average molecular weight is 392 g/mol. The summed E-state index contributed by atoms with van der Waals surface area (Å²) in [5, 5.41) is 20.9. The number of hydrogen-bond donors (Lipinski definition) is 2. The monoisotopic (exact) mass is 392 g/mol. The summed E-state index contributed by atoms with van der Waals surface area (Å²) in [6.07, 6.45) is 2.67. The summed E-state index contributed by atoms with van der Waals surface area (Å²) < 4.78 is 10.3. The Balaban J connectivity index is 1.88. The molecule has 0 heterocycles. The topological polar surface area (TPSA) is 110 Å². The van der Waals surface area contributed by atoms with Crippen molar-refractivity contribution >= 4 is 17.7 Å². The van der Waals surface area contributed by atoms with E-state index in [1.54, 1.807) is 19.9 Å². The lowest BCUT2D eigenvalue weighted by Crippen LogP contribution is -2.50. The number of ketones is 1. The summed E-state index contributed by atoms with van der Waals surface area (Å²) in [5.74, 6) is -1.28. The lowest BCUT2D eigenvalue weighted by atomic mass is 9.67. The van der Waals surface area contributed by atoms with Gasteiger partial charge < -0.3 is 19.7 Å². The molecule has 3 aliphatic rings. The molecule has 0 aromatic rings. The largest absolute Gasteiger partial charge is 0.469 e. The third kappa shape index (κ3) is 2.92. The standard InChI is InChI=1S/C21H28O7/c1-12-16-13(17(25)20(3,26)21(12)8-9-21)10-19(2,11-22)18(16)28-15(24)7-5-6-14(23)27-4/h10,18,22,26H,5-9,11H2,1-4H3/t18?,19?,20-/m0/s1. The van der Waals surface area contributed by atoms with Crippen molar-refractivity contribution in [3.8, 4) is 0 Å². The number of rotatable bonds is 6. The van der Waals surface area contributed by atoms with Gasteiger partial charge in [-0.05, 0) is 40.0 Å². The van der Waals surface area contributed by atoms with Gasteiger partial charge in [0.25, 0.3) is 0 Å². The Labute approximate surface area is 164 Å². The van der Waals surface area contributed by atoms with Crippen LogP contribution in [-0.4, -0.2) is 53.4 Å². The molecule has 1 fully saturated rings. The van der Waals surface area contributed by atoms with Crippen molar-refractivity contribution in [1.82, 2.24) is 0 Å². The second-order valence-electron chi connectivity index (χ2n) is 8.54. The van der Waals surface area contributed by atoms with E-state index in [9.17, 15) is 24.6 Å². The number of methoxy groups -OCH3 is 1. The van der Waals surface area contributed by atoms with E-state index < -0.39 is 34.5 Å². The van der Waals surface area contributed by atoms with E-state index in [1.165, 1.54) is 7.11 Å². The molecular weight excluding hydrogens is 364 g/mol. The minimum absolute atomic E-state index is 0.0333. The van der Waals surface area contributed by atoms with Gasteiger partial charge in [0.05, 0.1) is 19.1 Å². The quantitative estimate of drug-likeness (QED) is 0.661. The molecular formula is C21H28O7. The lowest BCUT2D eigenvalue weighted by Gasteiger charge is -2.40. The molecule has 0 aromatic carbocycles. The number of esters is 2. The number of fused-ring (bicyclic) bond motifs is 1. The molecule has 28 heavy (non-hydrogen) atoms. The van der Waals surface area contributed by atoms with Crippen LogP contribution in [0.3, 0.4) is 0 Å².